The van der Waals surface area contributed by atoms with Crippen molar-refractivity contribution in [1.82, 2.24) is 9.55 Å². The second-order valence-corrected chi connectivity index (χ2v) is 6.66. The first-order valence-electron chi connectivity index (χ1n) is 5.02. The average molecular weight is 364 g/mol. The van der Waals surface area contributed by atoms with Crippen LogP contribution in [0.3, 0.4) is 0 Å². The molecule has 86 valence electrons. The number of imidazole rings is 1. The van der Waals surface area contributed by atoms with E-state index in [9.17, 15) is 0 Å². The number of aromatic nitrogens is 2. The Kier molecular flexibility index (Phi) is 3.97. The van der Waals surface area contributed by atoms with Crippen molar-refractivity contribution in [3.05, 3.63) is 26.5 Å². The number of thioether (sulfide) groups is 1. The molecule has 0 amide bonds. The molecule has 0 fully saturated rings. The van der Waals surface area contributed by atoms with Gasteiger partial charge in [0.15, 0.2) is 4.77 Å². The highest BCUT2D eigenvalue weighted by Crippen LogP contribution is 2.19. The molecule has 1 aromatic carbocycles. The standard InChI is InChI=1S/C11H13IN2S2/c1-7(16-2)6-14-10-4-3-8(12)5-9(10)13-11(14)15/h3-5,7H,6H2,1-2H3,(H,13,15). The fraction of sp³-hybridized carbons (Fsp3) is 0.364. The molecule has 0 radical (unpaired) electrons. The summed E-state index contributed by atoms with van der Waals surface area (Å²) in [6, 6.07) is 6.38. The van der Waals surface area contributed by atoms with E-state index >= 15 is 0 Å². The third-order valence-electron chi connectivity index (χ3n) is 2.58. The van der Waals surface area contributed by atoms with Crippen molar-refractivity contribution in [2.45, 2.75) is 18.7 Å². The summed E-state index contributed by atoms with van der Waals surface area (Å²) < 4.78 is 4.23. The van der Waals surface area contributed by atoms with Crippen LogP contribution in [0.1, 0.15) is 6.92 Å². The van der Waals surface area contributed by atoms with Gasteiger partial charge in [0.2, 0.25) is 0 Å². The van der Waals surface area contributed by atoms with Crippen LogP contribution in [0.4, 0.5) is 0 Å². The molecule has 0 aliphatic carbocycles. The number of hydrogen-bond donors (Lipinski definition) is 1. The minimum atomic E-state index is 0.574. The van der Waals surface area contributed by atoms with Gasteiger partial charge in [-0.05, 0) is 59.3 Å². The second kappa shape index (κ2) is 5.10. The average Bonchev–Trinajstić information content (AvgIpc) is 2.54. The van der Waals surface area contributed by atoms with Gasteiger partial charge in [-0.3, -0.25) is 0 Å². The molecular formula is C11H13IN2S2. The maximum Gasteiger partial charge on any atom is 0.178 e. The fourth-order valence-electron chi connectivity index (χ4n) is 1.65. The summed E-state index contributed by atoms with van der Waals surface area (Å²) in [5, 5.41) is 0.574. The molecule has 0 spiro atoms. The molecule has 0 saturated carbocycles. The Hall–Kier alpha value is -0.0100. The van der Waals surface area contributed by atoms with Crippen LogP contribution in [0.5, 0.6) is 0 Å². The van der Waals surface area contributed by atoms with Crippen molar-refractivity contribution in [3.8, 4) is 0 Å². The number of hydrogen-bond acceptors (Lipinski definition) is 2. The van der Waals surface area contributed by atoms with E-state index in [4.69, 9.17) is 12.2 Å². The molecule has 1 unspecified atom stereocenters. The second-order valence-electron chi connectivity index (χ2n) is 3.75. The molecule has 5 heteroatoms. The number of nitrogens with one attached hydrogen (secondary N) is 1. The predicted octanol–water partition coefficient (Wildman–Crippen LogP) is 4.05. The molecular weight excluding hydrogens is 351 g/mol. The van der Waals surface area contributed by atoms with Crippen LogP contribution in [0.15, 0.2) is 18.2 Å². The van der Waals surface area contributed by atoms with Crippen molar-refractivity contribution in [3.63, 3.8) is 0 Å². The highest BCUT2D eigenvalue weighted by atomic mass is 127. The quantitative estimate of drug-likeness (QED) is 0.655. The van der Waals surface area contributed by atoms with Gasteiger partial charge >= 0.3 is 0 Å². The Bertz CT molecular complexity index is 559. The molecule has 0 aliphatic heterocycles. The number of nitrogens with zero attached hydrogens (tertiary/aromatic N) is 1. The number of aromatic amines is 1. The third-order valence-corrected chi connectivity index (χ3v) is 4.53. The third kappa shape index (κ3) is 2.46. The number of fused-ring (bicyclic) bond motifs is 1. The van der Waals surface area contributed by atoms with Crippen molar-refractivity contribution >= 4 is 57.6 Å². The molecule has 1 atom stereocenters. The van der Waals surface area contributed by atoms with E-state index in [-0.39, 0.29) is 0 Å². The maximum absolute atomic E-state index is 5.36. The molecule has 1 aromatic heterocycles. The van der Waals surface area contributed by atoms with E-state index in [0.29, 0.717) is 5.25 Å². The Morgan fingerprint density at radius 1 is 1.56 bits per heavy atom. The van der Waals surface area contributed by atoms with E-state index in [1.807, 2.05) is 11.8 Å². The summed E-state index contributed by atoms with van der Waals surface area (Å²) in [4.78, 5) is 3.26. The minimum absolute atomic E-state index is 0.574. The van der Waals surface area contributed by atoms with Crippen molar-refractivity contribution in [2.75, 3.05) is 6.26 Å². The molecule has 2 nitrogen and oxygen atoms in total. The van der Waals surface area contributed by atoms with E-state index in [1.54, 1.807) is 0 Å². The first kappa shape index (κ1) is 12.4. The highest BCUT2D eigenvalue weighted by Gasteiger charge is 2.07. The van der Waals surface area contributed by atoms with Gasteiger partial charge in [-0.1, -0.05) is 6.92 Å². The van der Waals surface area contributed by atoms with Gasteiger partial charge in [0.1, 0.15) is 0 Å². The SMILES string of the molecule is CSC(C)Cn1c(=S)[nH]c2cc(I)ccc21. The number of H-pyrrole nitrogens is 1. The van der Waals surface area contributed by atoms with E-state index in [1.165, 1.54) is 9.09 Å². The molecule has 1 heterocycles. The summed E-state index contributed by atoms with van der Waals surface area (Å²) in [5.41, 5.74) is 2.33. The summed E-state index contributed by atoms with van der Waals surface area (Å²) in [6.07, 6.45) is 2.13. The summed E-state index contributed by atoms with van der Waals surface area (Å²) in [7, 11) is 0. The van der Waals surface area contributed by atoms with Crippen molar-refractivity contribution in [2.24, 2.45) is 0 Å². The minimum Gasteiger partial charge on any atom is -0.331 e. The van der Waals surface area contributed by atoms with Gasteiger partial charge in [-0.25, -0.2) is 0 Å². The van der Waals surface area contributed by atoms with Crippen LogP contribution in [0.2, 0.25) is 0 Å². The zero-order chi connectivity index (χ0) is 11.7. The zero-order valence-corrected chi connectivity index (χ0v) is 12.9. The van der Waals surface area contributed by atoms with Crippen LogP contribution >= 0.6 is 46.6 Å². The van der Waals surface area contributed by atoms with E-state index in [2.05, 4.69) is 63.5 Å². The maximum atomic E-state index is 5.36. The lowest BCUT2D eigenvalue weighted by Gasteiger charge is -2.09. The molecule has 2 aromatic rings. The lowest BCUT2D eigenvalue weighted by molar-refractivity contribution is 0.702. The molecule has 2 rings (SSSR count). The van der Waals surface area contributed by atoms with Gasteiger partial charge in [0.05, 0.1) is 11.0 Å². The molecule has 0 bridgehead atoms. The van der Waals surface area contributed by atoms with Crippen molar-refractivity contribution < 1.29 is 0 Å². The van der Waals surface area contributed by atoms with Crippen LogP contribution < -0.4 is 0 Å². The van der Waals surface area contributed by atoms with Gasteiger partial charge in [-0.15, -0.1) is 0 Å². The zero-order valence-electron chi connectivity index (χ0n) is 9.16. The number of halogens is 1. The summed E-state index contributed by atoms with van der Waals surface area (Å²) in [6.45, 7) is 3.18. The van der Waals surface area contributed by atoms with Gasteiger partial charge in [-0.2, -0.15) is 11.8 Å². The van der Waals surface area contributed by atoms with Crippen LogP contribution in [-0.2, 0) is 6.54 Å². The lowest BCUT2D eigenvalue weighted by atomic mass is 10.3. The molecule has 16 heavy (non-hydrogen) atoms. The number of rotatable bonds is 3. The lowest BCUT2D eigenvalue weighted by Crippen LogP contribution is -2.08. The van der Waals surface area contributed by atoms with Crippen molar-refractivity contribution in [1.29, 1.82) is 0 Å². The summed E-state index contributed by atoms with van der Waals surface area (Å²) in [5.74, 6) is 0. The van der Waals surface area contributed by atoms with Gasteiger partial charge < -0.3 is 9.55 Å². The fourth-order valence-corrected chi connectivity index (χ4v) is 2.72. The largest absolute Gasteiger partial charge is 0.331 e. The Balaban J connectivity index is 2.52. The Morgan fingerprint density at radius 3 is 3.00 bits per heavy atom. The highest BCUT2D eigenvalue weighted by molar-refractivity contribution is 14.1. The molecule has 0 saturated heterocycles. The molecule has 1 N–H and O–H groups in total. The topological polar surface area (TPSA) is 20.7 Å². The normalized spacial score (nSPS) is 13.2. The monoisotopic (exact) mass is 364 g/mol. The van der Waals surface area contributed by atoms with Crippen LogP contribution in [0.25, 0.3) is 11.0 Å². The molecule has 0 aliphatic rings. The van der Waals surface area contributed by atoms with E-state index < -0.39 is 0 Å². The number of benzene rings is 1. The Morgan fingerprint density at radius 2 is 2.31 bits per heavy atom. The first-order valence-corrected chi connectivity index (χ1v) is 7.80. The van der Waals surface area contributed by atoms with Crippen LogP contribution in [0, 0.1) is 8.34 Å². The van der Waals surface area contributed by atoms with E-state index in [0.717, 1.165) is 16.8 Å². The first-order chi connectivity index (χ1) is 7.61. The smallest absolute Gasteiger partial charge is 0.178 e. The van der Waals surface area contributed by atoms with Gasteiger partial charge in [0.25, 0.3) is 0 Å². The predicted molar refractivity (Wildman–Crippen MR) is 82.8 cm³/mol. The Labute approximate surface area is 118 Å². The van der Waals surface area contributed by atoms with Crippen LogP contribution in [-0.4, -0.2) is 21.1 Å². The van der Waals surface area contributed by atoms with Gasteiger partial charge in [0, 0.05) is 15.4 Å². The summed E-state index contributed by atoms with van der Waals surface area (Å²) >= 11 is 9.53.